The molecule has 0 heterocycles. The lowest BCUT2D eigenvalue weighted by Gasteiger charge is -2.18. The highest BCUT2D eigenvalue weighted by Crippen LogP contribution is 2.30. The second-order valence-electron chi connectivity index (χ2n) is 4.66. The van der Waals surface area contributed by atoms with E-state index in [1.807, 2.05) is 31.2 Å². The summed E-state index contributed by atoms with van der Waals surface area (Å²) in [5, 5.41) is 7.13. The summed E-state index contributed by atoms with van der Waals surface area (Å²) >= 11 is 12.4. The van der Waals surface area contributed by atoms with Gasteiger partial charge in [0.2, 0.25) is 0 Å². The summed E-state index contributed by atoms with van der Waals surface area (Å²) in [6, 6.07) is 12.7. The Morgan fingerprint density at radius 3 is 2.48 bits per heavy atom. The Bertz CT molecular complexity index is 658. The second kappa shape index (κ2) is 6.83. The van der Waals surface area contributed by atoms with Crippen LogP contribution in [0.4, 0.5) is 5.69 Å². The molecule has 110 valence electrons. The summed E-state index contributed by atoms with van der Waals surface area (Å²) < 4.78 is 0. The molecule has 0 saturated heterocycles. The Hall–Kier alpha value is -1.71. The van der Waals surface area contributed by atoms with Crippen LogP contribution in [0.5, 0.6) is 0 Å². The number of anilines is 1. The second-order valence-corrected chi connectivity index (χ2v) is 5.48. The summed E-state index contributed by atoms with van der Waals surface area (Å²) in [4.78, 5) is 11.7. The highest BCUT2D eigenvalue weighted by Gasteiger charge is 2.12. The van der Waals surface area contributed by atoms with Gasteiger partial charge in [-0.2, -0.15) is 0 Å². The van der Waals surface area contributed by atoms with E-state index in [0.717, 1.165) is 5.56 Å². The van der Waals surface area contributed by atoms with Crippen LogP contribution in [-0.2, 0) is 0 Å². The summed E-state index contributed by atoms with van der Waals surface area (Å²) in [7, 11) is 1.59. The minimum atomic E-state index is -0.153. The minimum absolute atomic E-state index is 0.0314. The van der Waals surface area contributed by atoms with E-state index in [4.69, 9.17) is 23.2 Å². The first-order chi connectivity index (χ1) is 10.0. The minimum Gasteiger partial charge on any atom is -0.377 e. The van der Waals surface area contributed by atoms with Crippen LogP contribution in [0.1, 0.15) is 28.9 Å². The van der Waals surface area contributed by atoms with E-state index in [0.29, 0.717) is 21.3 Å². The first kappa shape index (κ1) is 15.7. The number of halogens is 2. The molecule has 0 aliphatic carbocycles. The van der Waals surface area contributed by atoms with Crippen molar-refractivity contribution in [1.29, 1.82) is 0 Å². The predicted molar refractivity (Wildman–Crippen MR) is 88.3 cm³/mol. The SMILES string of the molecule is CNC(=O)c1ccc(Cl)c(NC(C)c2ccccc2Cl)c1. The fraction of sp³-hybridized carbons (Fsp3) is 0.188. The van der Waals surface area contributed by atoms with Crippen LogP contribution in [-0.4, -0.2) is 13.0 Å². The van der Waals surface area contributed by atoms with Gasteiger partial charge in [-0.05, 0) is 36.8 Å². The molecular formula is C16H16Cl2N2O. The lowest BCUT2D eigenvalue weighted by molar-refractivity contribution is 0.0963. The van der Waals surface area contributed by atoms with E-state index in [1.165, 1.54) is 0 Å². The average Bonchev–Trinajstić information content (AvgIpc) is 2.49. The third kappa shape index (κ3) is 3.69. The van der Waals surface area contributed by atoms with Crippen molar-refractivity contribution in [2.75, 3.05) is 12.4 Å². The molecule has 0 fully saturated rings. The Labute approximate surface area is 134 Å². The number of amides is 1. The van der Waals surface area contributed by atoms with Gasteiger partial charge < -0.3 is 10.6 Å². The van der Waals surface area contributed by atoms with Crippen molar-refractivity contribution in [1.82, 2.24) is 5.32 Å². The molecule has 0 radical (unpaired) electrons. The number of hydrogen-bond acceptors (Lipinski definition) is 2. The maximum absolute atomic E-state index is 11.7. The van der Waals surface area contributed by atoms with E-state index >= 15 is 0 Å². The maximum atomic E-state index is 11.7. The van der Waals surface area contributed by atoms with Crippen molar-refractivity contribution >= 4 is 34.8 Å². The van der Waals surface area contributed by atoms with Crippen molar-refractivity contribution in [2.45, 2.75) is 13.0 Å². The number of benzene rings is 2. The van der Waals surface area contributed by atoms with Crippen LogP contribution in [0, 0.1) is 0 Å². The van der Waals surface area contributed by atoms with Crippen molar-refractivity contribution in [3.8, 4) is 0 Å². The molecule has 1 unspecified atom stereocenters. The van der Waals surface area contributed by atoms with Crippen molar-refractivity contribution in [3.05, 3.63) is 63.6 Å². The molecule has 2 N–H and O–H groups in total. The molecule has 0 aliphatic heterocycles. The lowest BCUT2D eigenvalue weighted by Crippen LogP contribution is -2.18. The van der Waals surface area contributed by atoms with Crippen LogP contribution in [0.2, 0.25) is 10.0 Å². The van der Waals surface area contributed by atoms with Gasteiger partial charge in [-0.1, -0.05) is 41.4 Å². The predicted octanol–water partition coefficient (Wildman–Crippen LogP) is 4.53. The van der Waals surface area contributed by atoms with Gasteiger partial charge >= 0.3 is 0 Å². The Kier molecular flexibility index (Phi) is 5.10. The van der Waals surface area contributed by atoms with E-state index in [-0.39, 0.29) is 11.9 Å². The standard InChI is InChI=1S/C16H16Cl2N2O/c1-10(12-5-3-4-6-13(12)17)20-15-9-11(16(21)19-2)7-8-14(15)18/h3-10,20H,1-2H3,(H,19,21). The first-order valence-electron chi connectivity index (χ1n) is 6.55. The zero-order valence-electron chi connectivity index (χ0n) is 11.8. The van der Waals surface area contributed by atoms with Gasteiger partial charge in [0.25, 0.3) is 5.91 Å². The summed E-state index contributed by atoms with van der Waals surface area (Å²) in [5.41, 5.74) is 2.22. The van der Waals surface area contributed by atoms with Crippen molar-refractivity contribution < 1.29 is 4.79 Å². The Morgan fingerprint density at radius 1 is 1.10 bits per heavy atom. The number of hydrogen-bond donors (Lipinski definition) is 2. The van der Waals surface area contributed by atoms with Gasteiger partial charge in [0.05, 0.1) is 16.8 Å². The van der Waals surface area contributed by atoms with Crippen LogP contribution in [0.15, 0.2) is 42.5 Å². The van der Waals surface area contributed by atoms with E-state index < -0.39 is 0 Å². The largest absolute Gasteiger partial charge is 0.377 e. The zero-order chi connectivity index (χ0) is 15.4. The number of carbonyl (C=O) groups is 1. The maximum Gasteiger partial charge on any atom is 0.251 e. The fourth-order valence-electron chi connectivity index (χ4n) is 2.06. The van der Waals surface area contributed by atoms with Gasteiger partial charge in [0.1, 0.15) is 0 Å². The molecule has 1 amide bonds. The third-order valence-electron chi connectivity index (χ3n) is 3.20. The van der Waals surface area contributed by atoms with Crippen molar-refractivity contribution in [3.63, 3.8) is 0 Å². The lowest BCUT2D eigenvalue weighted by atomic mass is 10.1. The molecule has 0 spiro atoms. The molecular weight excluding hydrogens is 307 g/mol. The fourth-order valence-corrected chi connectivity index (χ4v) is 2.53. The highest BCUT2D eigenvalue weighted by atomic mass is 35.5. The zero-order valence-corrected chi connectivity index (χ0v) is 13.3. The quantitative estimate of drug-likeness (QED) is 0.868. The Balaban J connectivity index is 2.27. The molecule has 0 saturated carbocycles. The number of rotatable bonds is 4. The molecule has 1 atom stereocenters. The molecule has 2 aromatic carbocycles. The molecule has 21 heavy (non-hydrogen) atoms. The monoisotopic (exact) mass is 322 g/mol. The number of nitrogens with one attached hydrogen (secondary N) is 2. The Morgan fingerprint density at radius 2 is 1.81 bits per heavy atom. The molecule has 0 aliphatic rings. The normalized spacial score (nSPS) is 11.8. The topological polar surface area (TPSA) is 41.1 Å². The van der Waals surface area contributed by atoms with E-state index in [9.17, 15) is 4.79 Å². The van der Waals surface area contributed by atoms with Gasteiger partial charge in [-0.25, -0.2) is 0 Å². The van der Waals surface area contributed by atoms with Gasteiger partial charge in [-0.3, -0.25) is 4.79 Å². The number of carbonyl (C=O) groups excluding carboxylic acids is 1. The third-order valence-corrected chi connectivity index (χ3v) is 3.87. The van der Waals surface area contributed by atoms with E-state index in [1.54, 1.807) is 25.2 Å². The van der Waals surface area contributed by atoms with Crippen LogP contribution >= 0.6 is 23.2 Å². The first-order valence-corrected chi connectivity index (χ1v) is 7.31. The molecule has 2 rings (SSSR count). The summed E-state index contributed by atoms with van der Waals surface area (Å²) in [6.45, 7) is 1.99. The molecule has 2 aromatic rings. The van der Waals surface area contributed by atoms with Crippen LogP contribution in [0.3, 0.4) is 0 Å². The molecule has 5 heteroatoms. The van der Waals surface area contributed by atoms with Gasteiger partial charge in [0.15, 0.2) is 0 Å². The summed E-state index contributed by atoms with van der Waals surface area (Å²) in [5.74, 6) is -0.153. The smallest absolute Gasteiger partial charge is 0.251 e. The van der Waals surface area contributed by atoms with Gasteiger partial charge in [-0.15, -0.1) is 0 Å². The average molecular weight is 323 g/mol. The molecule has 0 aromatic heterocycles. The summed E-state index contributed by atoms with van der Waals surface area (Å²) in [6.07, 6.45) is 0. The van der Waals surface area contributed by atoms with E-state index in [2.05, 4.69) is 10.6 Å². The van der Waals surface area contributed by atoms with Crippen LogP contribution in [0.25, 0.3) is 0 Å². The molecule has 0 bridgehead atoms. The van der Waals surface area contributed by atoms with Crippen LogP contribution < -0.4 is 10.6 Å². The van der Waals surface area contributed by atoms with Gasteiger partial charge in [0, 0.05) is 17.6 Å². The highest BCUT2D eigenvalue weighted by molar-refractivity contribution is 6.33. The van der Waals surface area contributed by atoms with Crippen molar-refractivity contribution in [2.24, 2.45) is 0 Å². The molecule has 3 nitrogen and oxygen atoms in total.